The summed E-state index contributed by atoms with van der Waals surface area (Å²) in [7, 11) is 2.12. The molecule has 1 N–H and O–H groups in total. The molecule has 0 saturated carbocycles. The summed E-state index contributed by atoms with van der Waals surface area (Å²) in [5.41, 5.74) is 3.26. The Kier molecular flexibility index (Phi) is 7.41. The number of rotatable bonds is 7. The first-order chi connectivity index (χ1) is 19.5. The van der Waals surface area contributed by atoms with E-state index < -0.39 is 12.1 Å². The summed E-state index contributed by atoms with van der Waals surface area (Å²) in [4.78, 5) is 29.7. The summed E-state index contributed by atoms with van der Waals surface area (Å²) >= 11 is 0. The Morgan fingerprint density at radius 2 is 1.95 bits per heavy atom. The van der Waals surface area contributed by atoms with Crippen LogP contribution in [-0.2, 0) is 19.6 Å². The van der Waals surface area contributed by atoms with Gasteiger partial charge in [-0.2, -0.15) is 15.2 Å². The number of hydrogen-bond acceptors (Lipinski definition) is 8. The van der Waals surface area contributed by atoms with Crippen molar-refractivity contribution in [3.8, 4) is 12.1 Å². The van der Waals surface area contributed by atoms with Gasteiger partial charge in [-0.15, -0.1) is 0 Å². The van der Waals surface area contributed by atoms with Gasteiger partial charge in [0.05, 0.1) is 24.2 Å². The molecule has 1 amide bonds. The van der Waals surface area contributed by atoms with Gasteiger partial charge in [-0.3, -0.25) is 4.90 Å². The summed E-state index contributed by atoms with van der Waals surface area (Å²) in [6, 6.07) is 17.5. The third kappa shape index (κ3) is 5.40. The first kappa shape index (κ1) is 26.3. The molecule has 0 bridgehead atoms. The average Bonchev–Trinajstić information content (AvgIpc) is 3.56. The summed E-state index contributed by atoms with van der Waals surface area (Å²) in [6.45, 7) is 5.03. The fourth-order valence-corrected chi connectivity index (χ4v) is 6.25. The van der Waals surface area contributed by atoms with Crippen LogP contribution in [0.4, 0.5) is 10.6 Å². The van der Waals surface area contributed by atoms with Gasteiger partial charge in [0.15, 0.2) is 0 Å². The van der Waals surface area contributed by atoms with Crippen molar-refractivity contribution < 1.29 is 14.6 Å². The van der Waals surface area contributed by atoms with Crippen molar-refractivity contribution in [3.05, 3.63) is 59.3 Å². The number of carbonyl (C=O) groups is 1. The molecule has 10 nitrogen and oxygen atoms in total. The number of anilines is 1. The van der Waals surface area contributed by atoms with Crippen LogP contribution < -0.4 is 9.64 Å². The highest BCUT2D eigenvalue weighted by atomic mass is 16.5. The van der Waals surface area contributed by atoms with E-state index in [1.807, 2.05) is 0 Å². The van der Waals surface area contributed by atoms with Crippen molar-refractivity contribution in [2.45, 2.75) is 51.0 Å². The average molecular weight is 542 g/mol. The number of likely N-dealkylation sites (tertiary alicyclic amines) is 1. The van der Waals surface area contributed by atoms with E-state index in [2.05, 4.69) is 70.3 Å². The molecule has 2 aromatic carbocycles. The van der Waals surface area contributed by atoms with Crippen LogP contribution in [0.3, 0.4) is 0 Å². The number of amides is 1. The Morgan fingerprint density at radius 1 is 1.10 bits per heavy atom. The van der Waals surface area contributed by atoms with Crippen molar-refractivity contribution in [1.29, 1.82) is 5.26 Å². The van der Waals surface area contributed by atoms with Gasteiger partial charge in [-0.1, -0.05) is 36.4 Å². The number of hydrogen-bond donors (Lipinski definition) is 1. The van der Waals surface area contributed by atoms with E-state index >= 15 is 0 Å². The molecule has 0 aliphatic carbocycles. The van der Waals surface area contributed by atoms with E-state index in [4.69, 9.17) is 14.7 Å². The predicted octanol–water partition coefficient (Wildman–Crippen LogP) is 3.70. The van der Waals surface area contributed by atoms with Gasteiger partial charge in [0.25, 0.3) is 0 Å². The maximum Gasteiger partial charge on any atom is 0.407 e. The van der Waals surface area contributed by atoms with E-state index in [0.717, 1.165) is 36.6 Å². The SMILES string of the molecule is CN1CCCC1COc1nc2c(c(N3CCN(C(=O)O)C(CC#N)C3)n1)CN(Cc1ccc3ccccc3c1)C2. The third-order valence-electron chi connectivity index (χ3n) is 8.46. The monoisotopic (exact) mass is 541 g/mol. The smallest absolute Gasteiger partial charge is 0.407 e. The van der Waals surface area contributed by atoms with Crippen molar-refractivity contribution in [1.82, 2.24) is 24.7 Å². The first-order valence-corrected chi connectivity index (χ1v) is 14.0. The molecule has 208 valence electrons. The molecule has 2 saturated heterocycles. The normalized spacial score (nSPS) is 21.5. The van der Waals surface area contributed by atoms with Crippen LogP contribution in [-0.4, -0.2) is 87.8 Å². The minimum Gasteiger partial charge on any atom is -0.465 e. The van der Waals surface area contributed by atoms with Crippen LogP contribution >= 0.6 is 0 Å². The number of aromatic nitrogens is 2. The van der Waals surface area contributed by atoms with Gasteiger partial charge in [-0.25, -0.2) is 4.79 Å². The Morgan fingerprint density at radius 3 is 2.73 bits per heavy atom. The Balaban J connectivity index is 1.26. The van der Waals surface area contributed by atoms with E-state index in [0.29, 0.717) is 51.4 Å². The maximum absolute atomic E-state index is 11.8. The number of carboxylic acid groups (broad SMARTS) is 1. The van der Waals surface area contributed by atoms with Crippen LogP contribution in [0.15, 0.2) is 42.5 Å². The summed E-state index contributed by atoms with van der Waals surface area (Å²) in [6.07, 6.45) is 1.42. The second-order valence-corrected chi connectivity index (χ2v) is 11.1. The fraction of sp³-hybridized carbons (Fsp3) is 0.467. The zero-order chi connectivity index (χ0) is 27.6. The molecule has 4 heterocycles. The lowest BCUT2D eigenvalue weighted by atomic mass is 10.1. The zero-order valence-electron chi connectivity index (χ0n) is 22.9. The third-order valence-corrected chi connectivity index (χ3v) is 8.46. The molecule has 3 aliphatic rings. The Labute approximate surface area is 234 Å². The number of piperazine rings is 1. The summed E-state index contributed by atoms with van der Waals surface area (Å²) < 4.78 is 6.19. The van der Waals surface area contributed by atoms with Crippen molar-refractivity contribution in [3.63, 3.8) is 0 Å². The molecule has 2 unspecified atom stereocenters. The van der Waals surface area contributed by atoms with E-state index in [1.54, 1.807) is 0 Å². The van der Waals surface area contributed by atoms with Gasteiger partial charge in [0.2, 0.25) is 0 Å². The Hall–Kier alpha value is -3.94. The molecule has 3 aliphatic heterocycles. The van der Waals surface area contributed by atoms with Gasteiger partial charge >= 0.3 is 12.1 Å². The van der Waals surface area contributed by atoms with E-state index in [-0.39, 0.29) is 6.42 Å². The molecular formula is C30H35N7O3. The molecule has 0 spiro atoms. The van der Waals surface area contributed by atoms with E-state index in [1.165, 1.54) is 27.7 Å². The van der Waals surface area contributed by atoms with Gasteiger partial charge in [-0.05, 0) is 48.8 Å². The molecule has 0 radical (unpaired) electrons. The first-order valence-electron chi connectivity index (χ1n) is 14.0. The molecule has 2 atom stereocenters. The van der Waals surface area contributed by atoms with Gasteiger partial charge in [0.1, 0.15) is 12.4 Å². The molecular weight excluding hydrogens is 506 g/mol. The maximum atomic E-state index is 11.8. The van der Waals surface area contributed by atoms with Gasteiger partial charge in [0, 0.05) is 50.9 Å². The van der Waals surface area contributed by atoms with Crippen molar-refractivity contribution in [2.24, 2.45) is 0 Å². The minimum absolute atomic E-state index is 0.140. The highest BCUT2D eigenvalue weighted by molar-refractivity contribution is 5.83. The van der Waals surface area contributed by atoms with Crippen LogP contribution in [0.5, 0.6) is 6.01 Å². The number of nitriles is 1. The second-order valence-electron chi connectivity index (χ2n) is 11.1. The topological polar surface area (TPSA) is 109 Å². The minimum atomic E-state index is -0.987. The number of nitrogens with zero attached hydrogens (tertiary/aromatic N) is 7. The van der Waals surface area contributed by atoms with Crippen LogP contribution in [0.1, 0.15) is 36.1 Å². The molecule has 10 heteroatoms. The standard InChI is InChI=1S/C30H35N7O3/c1-34-12-4-7-25(34)20-40-29-32-27-19-35(16-21-8-9-22-5-2-3-6-23(22)15-21)18-26(27)28(33-29)36-13-14-37(30(38)39)24(17-36)10-11-31/h2-3,5-6,8-9,15,24-25H,4,7,10,12-14,16-20H2,1H3,(H,38,39). The zero-order valence-corrected chi connectivity index (χ0v) is 22.9. The molecule has 40 heavy (non-hydrogen) atoms. The van der Waals surface area contributed by atoms with Crippen LogP contribution in [0.2, 0.25) is 0 Å². The lowest BCUT2D eigenvalue weighted by Gasteiger charge is -2.40. The molecule has 6 rings (SSSR count). The van der Waals surface area contributed by atoms with Crippen molar-refractivity contribution in [2.75, 3.05) is 44.7 Å². The van der Waals surface area contributed by atoms with Crippen LogP contribution in [0, 0.1) is 11.3 Å². The highest BCUT2D eigenvalue weighted by Gasteiger charge is 2.35. The molecule has 3 aromatic rings. The second kappa shape index (κ2) is 11.3. The number of ether oxygens (including phenoxy) is 1. The molecule has 2 fully saturated rings. The summed E-state index contributed by atoms with van der Waals surface area (Å²) in [5.74, 6) is 0.800. The fourth-order valence-electron chi connectivity index (χ4n) is 6.25. The largest absolute Gasteiger partial charge is 0.465 e. The van der Waals surface area contributed by atoms with Crippen molar-refractivity contribution >= 4 is 22.7 Å². The number of likely N-dealkylation sites (N-methyl/N-ethyl adjacent to an activating group) is 1. The van der Waals surface area contributed by atoms with Gasteiger partial charge < -0.3 is 24.5 Å². The Bertz CT molecular complexity index is 1440. The number of fused-ring (bicyclic) bond motifs is 2. The lowest BCUT2D eigenvalue weighted by Crippen LogP contribution is -2.55. The lowest BCUT2D eigenvalue weighted by molar-refractivity contribution is 0.119. The predicted molar refractivity (Wildman–Crippen MR) is 151 cm³/mol. The summed E-state index contributed by atoms with van der Waals surface area (Å²) in [5, 5.41) is 21.5. The highest BCUT2D eigenvalue weighted by Crippen LogP contribution is 2.34. The van der Waals surface area contributed by atoms with E-state index in [9.17, 15) is 15.2 Å². The number of benzene rings is 2. The van der Waals surface area contributed by atoms with Crippen LogP contribution in [0.25, 0.3) is 10.8 Å². The molecule has 1 aromatic heterocycles. The quantitative estimate of drug-likeness (QED) is 0.479.